The Morgan fingerprint density at radius 1 is 1.42 bits per heavy atom. The second kappa shape index (κ2) is 4.44. The SMILES string of the molecule is O[C@@H]1CN(CC(Cl)=CCl)C[C@@H]1O. The minimum absolute atomic E-state index is 0.447. The first-order valence-electron chi connectivity index (χ1n) is 3.66. The highest BCUT2D eigenvalue weighted by Crippen LogP contribution is 2.13. The van der Waals surface area contributed by atoms with E-state index in [-0.39, 0.29) is 0 Å². The Balaban J connectivity index is 2.37. The van der Waals surface area contributed by atoms with Crippen LogP contribution in [-0.2, 0) is 0 Å². The second-order valence-electron chi connectivity index (χ2n) is 2.88. The number of likely N-dealkylation sites (tertiary alicyclic amines) is 1. The Kier molecular flexibility index (Phi) is 3.80. The average Bonchev–Trinajstić information content (AvgIpc) is 2.31. The Hall–Kier alpha value is 0.200. The van der Waals surface area contributed by atoms with Gasteiger partial charge in [-0.3, -0.25) is 4.90 Å². The minimum atomic E-state index is -0.662. The fourth-order valence-corrected chi connectivity index (χ4v) is 1.46. The van der Waals surface area contributed by atoms with E-state index in [2.05, 4.69) is 0 Å². The first-order valence-corrected chi connectivity index (χ1v) is 4.48. The van der Waals surface area contributed by atoms with Crippen LogP contribution >= 0.6 is 23.2 Å². The molecule has 0 spiro atoms. The molecule has 1 aliphatic rings. The lowest BCUT2D eigenvalue weighted by Crippen LogP contribution is -2.23. The van der Waals surface area contributed by atoms with Crippen molar-refractivity contribution in [1.82, 2.24) is 4.90 Å². The molecule has 1 heterocycles. The van der Waals surface area contributed by atoms with E-state index in [1.165, 1.54) is 5.54 Å². The highest BCUT2D eigenvalue weighted by atomic mass is 35.5. The summed E-state index contributed by atoms with van der Waals surface area (Å²) in [6.45, 7) is 1.38. The van der Waals surface area contributed by atoms with Crippen LogP contribution in [0.5, 0.6) is 0 Å². The van der Waals surface area contributed by atoms with Gasteiger partial charge in [0, 0.05) is 30.2 Å². The lowest BCUT2D eigenvalue weighted by Gasteiger charge is -2.12. The maximum Gasteiger partial charge on any atom is 0.0938 e. The number of halogens is 2. The summed E-state index contributed by atoms with van der Waals surface area (Å²) in [5.74, 6) is 0. The summed E-state index contributed by atoms with van der Waals surface area (Å²) < 4.78 is 0. The molecule has 5 heteroatoms. The summed E-state index contributed by atoms with van der Waals surface area (Å²) in [4.78, 5) is 1.84. The van der Waals surface area contributed by atoms with Gasteiger partial charge in [0.05, 0.1) is 12.2 Å². The molecule has 2 atom stereocenters. The van der Waals surface area contributed by atoms with Crippen LogP contribution in [0.2, 0.25) is 0 Å². The lowest BCUT2D eigenvalue weighted by atomic mass is 10.3. The van der Waals surface area contributed by atoms with Crippen LogP contribution in [0.4, 0.5) is 0 Å². The van der Waals surface area contributed by atoms with E-state index in [1.54, 1.807) is 0 Å². The van der Waals surface area contributed by atoms with E-state index in [4.69, 9.17) is 33.4 Å². The Bertz CT molecular complexity index is 176. The zero-order valence-corrected chi connectivity index (χ0v) is 7.96. The molecule has 3 nitrogen and oxygen atoms in total. The van der Waals surface area contributed by atoms with Crippen LogP contribution in [0.1, 0.15) is 0 Å². The van der Waals surface area contributed by atoms with Crippen LogP contribution in [0, 0.1) is 0 Å². The molecule has 0 aromatic carbocycles. The predicted molar refractivity (Wildman–Crippen MR) is 48.2 cm³/mol. The van der Waals surface area contributed by atoms with Crippen LogP contribution < -0.4 is 0 Å². The van der Waals surface area contributed by atoms with E-state index in [0.717, 1.165) is 0 Å². The molecule has 0 aromatic rings. The van der Waals surface area contributed by atoms with Gasteiger partial charge in [0.2, 0.25) is 0 Å². The first-order chi connectivity index (χ1) is 5.63. The molecule has 1 fully saturated rings. The maximum atomic E-state index is 9.17. The van der Waals surface area contributed by atoms with E-state index >= 15 is 0 Å². The number of nitrogens with zero attached hydrogens (tertiary/aromatic N) is 1. The molecule has 0 aliphatic carbocycles. The van der Waals surface area contributed by atoms with Crippen molar-refractivity contribution in [2.24, 2.45) is 0 Å². The van der Waals surface area contributed by atoms with E-state index in [1.807, 2.05) is 4.90 Å². The molecular weight excluding hydrogens is 201 g/mol. The van der Waals surface area contributed by atoms with Gasteiger partial charge < -0.3 is 10.2 Å². The molecule has 0 aromatic heterocycles. The van der Waals surface area contributed by atoms with Crippen molar-refractivity contribution in [2.75, 3.05) is 19.6 Å². The number of aliphatic hydroxyl groups is 2. The smallest absolute Gasteiger partial charge is 0.0938 e. The number of hydrogen-bond donors (Lipinski definition) is 2. The second-order valence-corrected chi connectivity index (χ2v) is 3.59. The number of aliphatic hydroxyl groups excluding tert-OH is 2. The maximum absolute atomic E-state index is 9.17. The summed E-state index contributed by atoms with van der Waals surface area (Å²) in [5, 5.41) is 18.8. The van der Waals surface area contributed by atoms with E-state index in [0.29, 0.717) is 24.7 Å². The molecule has 0 bridgehead atoms. The number of β-amino-alcohol motifs (C(OH)–C–C–N with tert-alkyl or cyclic N) is 2. The highest BCUT2D eigenvalue weighted by molar-refractivity contribution is 6.36. The quantitative estimate of drug-likeness (QED) is 0.693. The third-order valence-electron chi connectivity index (χ3n) is 1.83. The van der Waals surface area contributed by atoms with Crippen molar-refractivity contribution >= 4 is 23.2 Å². The predicted octanol–water partition coefficient (Wildman–Crippen LogP) is 0.343. The monoisotopic (exact) mass is 211 g/mol. The zero-order valence-electron chi connectivity index (χ0n) is 6.45. The van der Waals surface area contributed by atoms with Crippen molar-refractivity contribution in [2.45, 2.75) is 12.2 Å². The third kappa shape index (κ3) is 2.61. The summed E-state index contributed by atoms with van der Waals surface area (Å²) in [6.07, 6.45) is -1.32. The zero-order chi connectivity index (χ0) is 9.14. The molecule has 2 N–H and O–H groups in total. The highest BCUT2D eigenvalue weighted by Gasteiger charge is 2.29. The van der Waals surface area contributed by atoms with Crippen molar-refractivity contribution in [3.63, 3.8) is 0 Å². The normalized spacial score (nSPS) is 32.8. The van der Waals surface area contributed by atoms with Gasteiger partial charge in [0.25, 0.3) is 0 Å². The fraction of sp³-hybridized carbons (Fsp3) is 0.714. The lowest BCUT2D eigenvalue weighted by molar-refractivity contribution is 0.0572. The van der Waals surface area contributed by atoms with Crippen LogP contribution in [0.3, 0.4) is 0 Å². The molecular formula is C7H11Cl2NO2. The fourth-order valence-electron chi connectivity index (χ4n) is 1.22. The largest absolute Gasteiger partial charge is 0.389 e. The summed E-state index contributed by atoms with van der Waals surface area (Å²) in [5.41, 5.74) is 1.29. The van der Waals surface area contributed by atoms with Crippen LogP contribution in [0.25, 0.3) is 0 Å². The summed E-state index contributed by atoms with van der Waals surface area (Å²) in [7, 11) is 0. The number of rotatable bonds is 2. The Morgan fingerprint density at radius 3 is 2.33 bits per heavy atom. The molecule has 0 saturated carbocycles. The molecule has 0 radical (unpaired) electrons. The van der Waals surface area contributed by atoms with Gasteiger partial charge in [-0.05, 0) is 0 Å². The number of hydrogen-bond acceptors (Lipinski definition) is 3. The topological polar surface area (TPSA) is 43.7 Å². The summed E-state index contributed by atoms with van der Waals surface area (Å²) >= 11 is 11.0. The molecule has 1 aliphatic heterocycles. The molecule has 12 heavy (non-hydrogen) atoms. The van der Waals surface area contributed by atoms with Crippen molar-refractivity contribution in [3.8, 4) is 0 Å². The van der Waals surface area contributed by atoms with Gasteiger partial charge in [-0.2, -0.15) is 0 Å². The van der Waals surface area contributed by atoms with E-state index in [9.17, 15) is 0 Å². The third-order valence-corrected chi connectivity index (χ3v) is 2.43. The summed E-state index contributed by atoms with van der Waals surface area (Å²) in [6, 6.07) is 0. The molecule has 1 saturated heterocycles. The Labute approximate surface area is 81.2 Å². The average molecular weight is 212 g/mol. The minimum Gasteiger partial charge on any atom is -0.389 e. The van der Waals surface area contributed by atoms with Crippen molar-refractivity contribution in [3.05, 3.63) is 10.6 Å². The van der Waals surface area contributed by atoms with Gasteiger partial charge in [-0.15, -0.1) is 0 Å². The van der Waals surface area contributed by atoms with Crippen LogP contribution in [0.15, 0.2) is 10.6 Å². The van der Waals surface area contributed by atoms with Gasteiger partial charge in [0.1, 0.15) is 0 Å². The standard InChI is InChI=1S/C7H11Cl2NO2/c8-1-5(9)2-10-3-6(11)7(12)4-10/h1,6-7,11-12H,2-4H2/t6-,7+. The molecule has 0 amide bonds. The van der Waals surface area contributed by atoms with Gasteiger partial charge >= 0.3 is 0 Å². The molecule has 70 valence electrons. The molecule has 1 rings (SSSR count). The van der Waals surface area contributed by atoms with Gasteiger partial charge in [-0.25, -0.2) is 0 Å². The van der Waals surface area contributed by atoms with Gasteiger partial charge in [-0.1, -0.05) is 23.2 Å². The van der Waals surface area contributed by atoms with Crippen molar-refractivity contribution < 1.29 is 10.2 Å². The van der Waals surface area contributed by atoms with E-state index < -0.39 is 12.2 Å². The first kappa shape index (κ1) is 10.3. The van der Waals surface area contributed by atoms with Crippen molar-refractivity contribution in [1.29, 1.82) is 0 Å². The van der Waals surface area contributed by atoms with Gasteiger partial charge in [0.15, 0.2) is 0 Å². The Morgan fingerprint density at radius 2 is 1.92 bits per heavy atom. The molecule has 0 unspecified atom stereocenters. The van der Waals surface area contributed by atoms with Crippen LogP contribution in [-0.4, -0.2) is 47.0 Å².